The predicted molar refractivity (Wildman–Crippen MR) is 59.6 cm³/mol. The van der Waals surface area contributed by atoms with Crippen LogP contribution in [0.3, 0.4) is 0 Å². The first-order valence-electron chi connectivity index (χ1n) is 5.12. The van der Waals surface area contributed by atoms with Crippen molar-refractivity contribution in [3.8, 4) is 17.0 Å². The lowest BCUT2D eigenvalue weighted by molar-refractivity contribution is 0.475. The highest BCUT2D eigenvalue weighted by atomic mass is 16.3. The molecule has 0 spiro atoms. The Morgan fingerprint density at radius 3 is 2.93 bits per heavy atom. The third-order valence-electron chi connectivity index (χ3n) is 2.29. The van der Waals surface area contributed by atoms with Crippen molar-refractivity contribution in [2.45, 2.75) is 19.9 Å². The number of benzene rings is 1. The van der Waals surface area contributed by atoms with Gasteiger partial charge in [-0.05, 0) is 24.6 Å². The van der Waals surface area contributed by atoms with Crippen LogP contribution in [0.2, 0.25) is 0 Å². The number of hydrogen-bond acceptors (Lipinski definition) is 2. The topological polar surface area (TPSA) is 38.0 Å². The molecule has 0 radical (unpaired) electrons. The van der Waals surface area contributed by atoms with Gasteiger partial charge in [-0.2, -0.15) is 5.10 Å². The normalized spacial score (nSPS) is 10.5. The van der Waals surface area contributed by atoms with Crippen molar-refractivity contribution >= 4 is 0 Å². The lowest BCUT2D eigenvalue weighted by Crippen LogP contribution is -2.00. The van der Waals surface area contributed by atoms with E-state index in [0.717, 1.165) is 24.2 Å². The van der Waals surface area contributed by atoms with Gasteiger partial charge < -0.3 is 5.11 Å². The van der Waals surface area contributed by atoms with Gasteiger partial charge in [0.05, 0.1) is 5.69 Å². The van der Waals surface area contributed by atoms with Crippen LogP contribution in [0.15, 0.2) is 36.5 Å². The number of nitrogens with zero attached hydrogens (tertiary/aromatic N) is 2. The summed E-state index contributed by atoms with van der Waals surface area (Å²) in [5.74, 6) is 0.289. The average Bonchev–Trinajstić information content (AvgIpc) is 2.66. The molecule has 1 aromatic carbocycles. The SMILES string of the molecule is CCCn1nccc1-c1cccc(O)c1. The van der Waals surface area contributed by atoms with E-state index in [1.165, 1.54) is 0 Å². The van der Waals surface area contributed by atoms with E-state index >= 15 is 0 Å². The van der Waals surface area contributed by atoms with Crippen LogP contribution in [0, 0.1) is 0 Å². The first-order chi connectivity index (χ1) is 7.31. The molecule has 0 saturated carbocycles. The summed E-state index contributed by atoms with van der Waals surface area (Å²) in [7, 11) is 0. The molecule has 0 atom stereocenters. The molecule has 0 amide bonds. The number of hydrogen-bond donors (Lipinski definition) is 1. The van der Waals surface area contributed by atoms with Gasteiger partial charge in [0.2, 0.25) is 0 Å². The zero-order valence-corrected chi connectivity index (χ0v) is 8.72. The highest BCUT2D eigenvalue weighted by Crippen LogP contribution is 2.22. The highest BCUT2D eigenvalue weighted by molar-refractivity contribution is 5.61. The van der Waals surface area contributed by atoms with Crippen molar-refractivity contribution in [3.05, 3.63) is 36.5 Å². The lowest BCUT2D eigenvalue weighted by Gasteiger charge is -2.06. The number of rotatable bonds is 3. The molecule has 0 aliphatic rings. The molecule has 78 valence electrons. The summed E-state index contributed by atoms with van der Waals surface area (Å²) in [4.78, 5) is 0. The fraction of sp³-hybridized carbons (Fsp3) is 0.250. The second kappa shape index (κ2) is 4.17. The molecular weight excluding hydrogens is 188 g/mol. The van der Waals surface area contributed by atoms with Crippen molar-refractivity contribution in [1.82, 2.24) is 9.78 Å². The largest absolute Gasteiger partial charge is 0.508 e. The second-order valence-corrected chi connectivity index (χ2v) is 3.49. The Labute approximate surface area is 89.0 Å². The van der Waals surface area contributed by atoms with Crippen LogP contribution in [-0.2, 0) is 6.54 Å². The van der Waals surface area contributed by atoms with Crippen LogP contribution >= 0.6 is 0 Å². The minimum Gasteiger partial charge on any atom is -0.508 e. The zero-order valence-electron chi connectivity index (χ0n) is 8.72. The van der Waals surface area contributed by atoms with Crippen LogP contribution in [-0.4, -0.2) is 14.9 Å². The Morgan fingerprint density at radius 2 is 2.20 bits per heavy atom. The fourth-order valence-corrected chi connectivity index (χ4v) is 1.63. The van der Waals surface area contributed by atoms with E-state index in [1.807, 2.05) is 22.9 Å². The number of aromatic nitrogens is 2. The Morgan fingerprint density at radius 1 is 1.33 bits per heavy atom. The molecule has 2 aromatic rings. The van der Waals surface area contributed by atoms with E-state index in [4.69, 9.17) is 0 Å². The number of phenolic OH excluding ortho intramolecular Hbond substituents is 1. The van der Waals surface area contributed by atoms with Gasteiger partial charge in [0.25, 0.3) is 0 Å². The summed E-state index contributed by atoms with van der Waals surface area (Å²) in [6, 6.07) is 9.20. The van der Waals surface area contributed by atoms with Crippen LogP contribution in [0.5, 0.6) is 5.75 Å². The molecule has 1 aromatic heterocycles. The predicted octanol–water partition coefficient (Wildman–Crippen LogP) is 2.67. The van der Waals surface area contributed by atoms with Crippen LogP contribution in [0.1, 0.15) is 13.3 Å². The average molecular weight is 202 g/mol. The summed E-state index contributed by atoms with van der Waals surface area (Å²) in [5, 5.41) is 13.7. The van der Waals surface area contributed by atoms with Crippen molar-refractivity contribution in [2.24, 2.45) is 0 Å². The van der Waals surface area contributed by atoms with Gasteiger partial charge in [-0.25, -0.2) is 0 Å². The molecular formula is C12H14N2O. The minimum atomic E-state index is 0.289. The van der Waals surface area contributed by atoms with Gasteiger partial charge in [0, 0.05) is 18.3 Å². The first kappa shape index (κ1) is 9.77. The molecule has 3 nitrogen and oxygen atoms in total. The van der Waals surface area contributed by atoms with Crippen LogP contribution in [0.4, 0.5) is 0 Å². The minimum absolute atomic E-state index is 0.289. The number of aryl methyl sites for hydroxylation is 1. The molecule has 0 aliphatic heterocycles. The van der Waals surface area contributed by atoms with Crippen molar-refractivity contribution in [1.29, 1.82) is 0 Å². The van der Waals surface area contributed by atoms with Gasteiger partial charge in [-0.1, -0.05) is 19.1 Å². The number of aromatic hydroxyl groups is 1. The highest BCUT2D eigenvalue weighted by Gasteiger charge is 2.04. The molecule has 15 heavy (non-hydrogen) atoms. The van der Waals surface area contributed by atoms with E-state index in [1.54, 1.807) is 18.3 Å². The first-order valence-corrected chi connectivity index (χ1v) is 5.12. The third-order valence-corrected chi connectivity index (χ3v) is 2.29. The van der Waals surface area contributed by atoms with Gasteiger partial charge >= 0.3 is 0 Å². The molecule has 0 fully saturated rings. The Bertz CT molecular complexity index is 448. The summed E-state index contributed by atoms with van der Waals surface area (Å²) in [6.45, 7) is 3.02. The summed E-state index contributed by atoms with van der Waals surface area (Å²) >= 11 is 0. The van der Waals surface area contributed by atoms with E-state index in [0.29, 0.717) is 0 Å². The smallest absolute Gasteiger partial charge is 0.116 e. The summed E-state index contributed by atoms with van der Waals surface area (Å²) in [6.07, 6.45) is 2.84. The van der Waals surface area contributed by atoms with E-state index in [9.17, 15) is 5.11 Å². The molecule has 2 rings (SSSR count). The van der Waals surface area contributed by atoms with Gasteiger partial charge in [-0.15, -0.1) is 0 Å². The zero-order chi connectivity index (χ0) is 10.7. The van der Waals surface area contributed by atoms with Crippen LogP contribution < -0.4 is 0 Å². The second-order valence-electron chi connectivity index (χ2n) is 3.49. The monoisotopic (exact) mass is 202 g/mol. The quantitative estimate of drug-likeness (QED) is 0.830. The number of phenols is 1. The Kier molecular flexibility index (Phi) is 2.72. The maximum atomic E-state index is 9.40. The van der Waals surface area contributed by atoms with E-state index < -0.39 is 0 Å². The molecule has 1 N–H and O–H groups in total. The van der Waals surface area contributed by atoms with Gasteiger partial charge in [0.15, 0.2) is 0 Å². The molecule has 0 unspecified atom stereocenters. The third kappa shape index (κ3) is 2.01. The van der Waals surface area contributed by atoms with Crippen molar-refractivity contribution in [3.63, 3.8) is 0 Å². The lowest BCUT2D eigenvalue weighted by atomic mass is 10.1. The molecule has 3 heteroatoms. The fourth-order valence-electron chi connectivity index (χ4n) is 1.63. The van der Waals surface area contributed by atoms with Crippen molar-refractivity contribution < 1.29 is 5.11 Å². The molecule has 0 bridgehead atoms. The Balaban J connectivity index is 2.40. The van der Waals surface area contributed by atoms with Gasteiger partial charge in [-0.3, -0.25) is 4.68 Å². The summed E-state index contributed by atoms with van der Waals surface area (Å²) in [5.41, 5.74) is 2.05. The molecule has 0 saturated heterocycles. The maximum absolute atomic E-state index is 9.40. The van der Waals surface area contributed by atoms with Crippen LogP contribution in [0.25, 0.3) is 11.3 Å². The van der Waals surface area contributed by atoms with E-state index in [2.05, 4.69) is 12.0 Å². The maximum Gasteiger partial charge on any atom is 0.116 e. The van der Waals surface area contributed by atoms with E-state index in [-0.39, 0.29) is 5.75 Å². The standard InChI is InChI=1S/C12H14N2O/c1-2-8-14-12(6-7-13-14)10-4-3-5-11(15)9-10/h3-7,9,15H,2,8H2,1H3. The van der Waals surface area contributed by atoms with Crippen molar-refractivity contribution in [2.75, 3.05) is 0 Å². The summed E-state index contributed by atoms with van der Waals surface area (Å²) < 4.78 is 1.95. The van der Waals surface area contributed by atoms with Gasteiger partial charge in [0.1, 0.15) is 5.75 Å². The Hall–Kier alpha value is -1.77. The molecule has 1 heterocycles. The molecule has 0 aliphatic carbocycles.